The lowest BCUT2D eigenvalue weighted by atomic mass is 9.89. The molecule has 0 saturated heterocycles. The molecule has 1 aromatic heterocycles. The molecule has 4 heteroatoms. The predicted octanol–water partition coefficient (Wildman–Crippen LogP) is 5.53. The van der Waals surface area contributed by atoms with Crippen molar-refractivity contribution >= 4 is 31.9 Å². The maximum absolute atomic E-state index is 5.60. The molecule has 1 unspecified atom stereocenters. The van der Waals surface area contributed by atoms with Gasteiger partial charge in [-0.2, -0.15) is 0 Å². The second-order valence-electron chi connectivity index (χ2n) is 5.67. The zero-order valence-electron chi connectivity index (χ0n) is 12.1. The first-order valence-electron chi connectivity index (χ1n) is 7.42. The number of aryl methyl sites for hydroxylation is 2. The normalized spacial score (nSPS) is 15.8. The maximum Gasteiger partial charge on any atom is 0.183 e. The number of furan rings is 1. The van der Waals surface area contributed by atoms with Gasteiger partial charge in [-0.1, -0.05) is 18.2 Å². The summed E-state index contributed by atoms with van der Waals surface area (Å²) in [4.78, 5) is 0. The zero-order valence-corrected chi connectivity index (χ0v) is 15.3. The minimum absolute atomic E-state index is 0.319. The molecule has 2 aromatic rings. The van der Waals surface area contributed by atoms with E-state index in [9.17, 15) is 0 Å². The van der Waals surface area contributed by atoms with Crippen molar-refractivity contribution in [2.24, 2.45) is 0 Å². The van der Waals surface area contributed by atoms with Crippen LogP contribution in [0.3, 0.4) is 0 Å². The molecule has 3 rings (SSSR count). The Hall–Kier alpha value is -0.580. The fourth-order valence-corrected chi connectivity index (χ4v) is 3.53. The molecule has 0 aliphatic heterocycles. The summed E-state index contributed by atoms with van der Waals surface area (Å²) in [6.07, 6.45) is 5.13. The number of halogens is 2. The van der Waals surface area contributed by atoms with Crippen LogP contribution in [0.1, 0.15) is 48.3 Å². The molecule has 112 valence electrons. The highest BCUT2D eigenvalue weighted by molar-refractivity contribution is 9.13. The van der Waals surface area contributed by atoms with E-state index in [0.717, 1.165) is 21.4 Å². The minimum atomic E-state index is 0.319. The van der Waals surface area contributed by atoms with Crippen molar-refractivity contribution < 1.29 is 4.42 Å². The maximum atomic E-state index is 5.60. The Morgan fingerprint density at radius 2 is 1.90 bits per heavy atom. The average molecular weight is 413 g/mol. The summed E-state index contributed by atoms with van der Waals surface area (Å²) < 4.78 is 7.31. The van der Waals surface area contributed by atoms with Crippen molar-refractivity contribution in [2.75, 3.05) is 0 Å². The van der Waals surface area contributed by atoms with Crippen molar-refractivity contribution in [1.29, 1.82) is 0 Å². The summed E-state index contributed by atoms with van der Waals surface area (Å²) in [7, 11) is 0. The van der Waals surface area contributed by atoms with E-state index >= 15 is 0 Å². The van der Waals surface area contributed by atoms with Crippen LogP contribution in [0, 0.1) is 0 Å². The lowest BCUT2D eigenvalue weighted by Crippen LogP contribution is -2.18. The molecule has 1 aliphatic rings. The number of rotatable bonds is 4. The van der Waals surface area contributed by atoms with Crippen LogP contribution in [0.15, 0.2) is 37.8 Å². The lowest BCUT2D eigenvalue weighted by Gasteiger charge is -2.19. The van der Waals surface area contributed by atoms with Gasteiger partial charge in [-0.15, -0.1) is 0 Å². The van der Waals surface area contributed by atoms with E-state index in [1.54, 1.807) is 0 Å². The number of nitrogens with one attached hydrogen (secondary N) is 1. The van der Waals surface area contributed by atoms with E-state index in [0.29, 0.717) is 6.04 Å². The Labute approximate surface area is 142 Å². The van der Waals surface area contributed by atoms with E-state index in [1.165, 1.54) is 42.4 Å². The quantitative estimate of drug-likeness (QED) is 0.713. The summed E-state index contributed by atoms with van der Waals surface area (Å²) in [5.41, 5.74) is 4.44. The fraction of sp³-hybridized carbons (Fsp3) is 0.412. The summed E-state index contributed by atoms with van der Waals surface area (Å²) >= 11 is 6.81. The average Bonchev–Trinajstić information content (AvgIpc) is 2.83. The van der Waals surface area contributed by atoms with Gasteiger partial charge >= 0.3 is 0 Å². The van der Waals surface area contributed by atoms with Gasteiger partial charge in [0.1, 0.15) is 5.76 Å². The molecular formula is C17H19Br2NO. The molecule has 0 radical (unpaired) electrons. The van der Waals surface area contributed by atoms with Gasteiger partial charge in [0.25, 0.3) is 0 Å². The summed E-state index contributed by atoms with van der Waals surface area (Å²) in [6.45, 7) is 2.93. The SMILES string of the molecule is CC(NCc1cc(Br)c(Br)o1)c1ccc2c(c1)CCCC2. The molecule has 1 N–H and O–H groups in total. The molecular weight excluding hydrogens is 394 g/mol. The van der Waals surface area contributed by atoms with Crippen LogP contribution in [0.2, 0.25) is 0 Å². The van der Waals surface area contributed by atoms with Crippen LogP contribution in [-0.4, -0.2) is 0 Å². The van der Waals surface area contributed by atoms with Crippen LogP contribution < -0.4 is 5.32 Å². The van der Waals surface area contributed by atoms with Crippen LogP contribution in [0.5, 0.6) is 0 Å². The summed E-state index contributed by atoms with van der Waals surface area (Å²) in [6, 6.07) is 9.26. The molecule has 0 spiro atoms. The van der Waals surface area contributed by atoms with Gasteiger partial charge < -0.3 is 9.73 Å². The van der Waals surface area contributed by atoms with E-state index in [4.69, 9.17) is 4.42 Å². The molecule has 2 nitrogen and oxygen atoms in total. The largest absolute Gasteiger partial charge is 0.452 e. The molecule has 1 aromatic carbocycles. The molecule has 0 fully saturated rings. The van der Waals surface area contributed by atoms with Crippen LogP contribution in [-0.2, 0) is 19.4 Å². The third-order valence-corrected chi connectivity index (χ3v) is 5.86. The van der Waals surface area contributed by atoms with E-state index in [1.807, 2.05) is 6.07 Å². The third-order valence-electron chi connectivity index (χ3n) is 4.15. The molecule has 1 heterocycles. The molecule has 0 amide bonds. The van der Waals surface area contributed by atoms with E-state index in [-0.39, 0.29) is 0 Å². The first-order chi connectivity index (χ1) is 10.1. The number of hydrogen-bond acceptors (Lipinski definition) is 2. The van der Waals surface area contributed by atoms with Gasteiger partial charge in [-0.05, 0) is 87.2 Å². The van der Waals surface area contributed by atoms with E-state index < -0.39 is 0 Å². The van der Waals surface area contributed by atoms with Crippen LogP contribution >= 0.6 is 31.9 Å². The minimum Gasteiger partial charge on any atom is -0.452 e. The smallest absolute Gasteiger partial charge is 0.183 e. The zero-order chi connectivity index (χ0) is 14.8. The number of hydrogen-bond donors (Lipinski definition) is 1. The van der Waals surface area contributed by atoms with Crippen molar-refractivity contribution in [3.05, 3.63) is 55.9 Å². The Balaban J connectivity index is 1.66. The van der Waals surface area contributed by atoms with Gasteiger partial charge in [0.15, 0.2) is 4.67 Å². The first kappa shape index (κ1) is 15.3. The van der Waals surface area contributed by atoms with Gasteiger partial charge in [0.05, 0.1) is 11.0 Å². The Bertz CT molecular complexity index is 616. The summed E-state index contributed by atoms with van der Waals surface area (Å²) in [5.74, 6) is 0.929. The first-order valence-corrected chi connectivity index (χ1v) is 9.01. The topological polar surface area (TPSA) is 25.2 Å². The highest BCUT2D eigenvalue weighted by atomic mass is 79.9. The lowest BCUT2D eigenvalue weighted by molar-refractivity contribution is 0.446. The van der Waals surface area contributed by atoms with Crippen molar-refractivity contribution in [1.82, 2.24) is 5.32 Å². The molecule has 0 saturated carbocycles. The highest BCUT2D eigenvalue weighted by Crippen LogP contribution is 2.28. The third kappa shape index (κ3) is 3.61. The van der Waals surface area contributed by atoms with E-state index in [2.05, 4.69) is 62.3 Å². The Kier molecular flexibility index (Phi) is 4.87. The highest BCUT2D eigenvalue weighted by Gasteiger charge is 2.13. The van der Waals surface area contributed by atoms with Gasteiger partial charge in [0.2, 0.25) is 0 Å². The fourth-order valence-electron chi connectivity index (χ4n) is 2.87. The van der Waals surface area contributed by atoms with Crippen LogP contribution in [0.4, 0.5) is 0 Å². The van der Waals surface area contributed by atoms with Crippen molar-refractivity contribution in [3.63, 3.8) is 0 Å². The van der Waals surface area contributed by atoms with Gasteiger partial charge in [-0.3, -0.25) is 0 Å². The number of benzene rings is 1. The molecule has 1 aliphatic carbocycles. The van der Waals surface area contributed by atoms with Crippen molar-refractivity contribution in [3.8, 4) is 0 Å². The Morgan fingerprint density at radius 3 is 2.62 bits per heavy atom. The van der Waals surface area contributed by atoms with Gasteiger partial charge in [0, 0.05) is 6.04 Å². The number of fused-ring (bicyclic) bond motifs is 1. The van der Waals surface area contributed by atoms with Crippen LogP contribution in [0.25, 0.3) is 0 Å². The molecule has 0 bridgehead atoms. The standard InChI is InChI=1S/C17H19Br2NO/c1-11(20-10-15-9-16(18)17(19)21-15)13-7-6-12-4-2-3-5-14(12)8-13/h6-9,11,20H,2-5,10H2,1H3. The second kappa shape index (κ2) is 6.67. The van der Waals surface area contributed by atoms with Crippen molar-refractivity contribution in [2.45, 2.75) is 45.2 Å². The Morgan fingerprint density at radius 1 is 1.14 bits per heavy atom. The monoisotopic (exact) mass is 411 g/mol. The molecule has 21 heavy (non-hydrogen) atoms. The predicted molar refractivity (Wildman–Crippen MR) is 92.4 cm³/mol. The van der Waals surface area contributed by atoms with Gasteiger partial charge in [-0.25, -0.2) is 0 Å². The summed E-state index contributed by atoms with van der Waals surface area (Å²) in [5, 5.41) is 3.53. The second-order valence-corrected chi connectivity index (χ2v) is 7.25. The molecule has 1 atom stereocenters.